The van der Waals surface area contributed by atoms with E-state index < -0.39 is 49.5 Å². The first kappa shape index (κ1) is 13.7. The van der Waals surface area contributed by atoms with Gasteiger partial charge in [-0.05, 0) is 12.1 Å². The normalized spacial score (nSPS) is 17.5. The van der Waals surface area contributed by atoms with E-state index >= 15 is 0 Å². The van der Waals surface area contributed by atoms with Crippen LogP contribution in [-0.2, 0) is 9.84 Å². The van der Waals surface area contributed by atoms with Crippen LogP contribution in [0.2, 0.25) is 0 Å². The number of carbonyl (C=O) groups is 1. The van der Waals surface area contributed by atoms with Crippen molar-refractivity contribution in [3.63, 3.8) is 0 Å². The highest BCUT2D eigenvalue weighted by atomic mass is 32.2. The summed E-state index contributed by atoms with van der Waals surface area (Å²) in [5.41, 5.74) is -1.40. The fraction of sp³-hybridized carbons (Fsp3) is 0.222. The molecule has 0 bridgehead atoms. The Morgan fingerprint density at radius 2 is 1.79 bits per heavy atom. The number of hydrogen-bond donors (Lipinski definition) is 0. The van der Waals surface area contributed by atoms with Crippen LogP contribution in [0.5, 0.6) is 5.75 Å². The van der Waals surface area contributed by atoms with E-state index in [0.29, 0.717) is 12.1 Å². The largest absolute Gasteiger partial charge is 0.466 e. The van der Waals surface area contributed by atoms with E-state index in [9.17, 15) is 35.2 Å². The number of rotatable bonds is 2. The monoisotopic (exact) mass is 302 g/mol. The zero-order valence-electron chi connectivity index (χ0n) is 8.66. The van der Waals surface area contributed by atoms with Crippen LogP contribution in [0.4, 0.5) is 22.0 Å². The molecule has 0 unspecified atom stereocenters. The number of hydrogen-bond acceptors (Lipinski definition) is 4. The molecule has 0 amide bonds. The number of benzene rings is 1. The molecule has 104 valence electrons. The van der Waals surface area contributed by atoms with Gasteiger partial charge in [-0.3, -0.25) is 4.79 Å². The topological polar surface area (TPSA) is 60.4 Å². The SMILES string of the molecule is O=C1c2c(S(=O)(=O)C(F)F)ccc(F)c2OC1(F)F. The molecule has 0 atom stereocenters. The van der Waals surface area contributed by atoms with E-state index in [4.69, 9.17) is 0 Å². The lowest BCUT2D eigenvalue weighted by atomic mass is 10.1. The summed E-state index contributed by atoms with van der Waals surface area (Å²) in [6.45, 7) is 0. The van der Waals surface area contributed by atoms with Crippen molar-refractivity contribution in [1.82, 2.24) is 0 Å². The molecular formula is C9H3F5O4S. The lowest BCUT2D eigenvalue weighted by molar-refractivity contribution is -0.125. The Balaban J connectivity index is 2.78. The van der Waals surface area contributed by atoms with Crippen LogP contribution >= 0.6 is 0 Å². The minimum Gasteiger partial charge on any atom is -0.422 e. The average Bonchev–Trinajstić information content (AvgIpc) is 2.52. The molecule has 4 nitrogen and oxygen atoms in total. The van der Waals surface area contributed by atoms with Crippen LogP contribution in [0.1, 0.15) is 10.4 Å². The molecule has 1 aliphatic rings. The highest BCUT2D eigenvalue weighted by molar-refractivity contribution is 7.91. The van der Waals surface area contributed by atoms with Gasteiger partial charge in [0.15, 0.2) is 11.6 Å². The maximum Gasteiger partial charge on any atom is 0.466 e. The standard InChI is InChI=1S/C9H3F5O4S/c10-3-1-2-4(19(16,17)8(11)12)5-6(3)18-9(13,14)7(5)15/h1-2,8H. The van der Waals surface area contributed by atoms with Crippen molar-refractivity contribution in [2.75, 3.05) is 0 Å². The Hall–Kier alpha value is -1.71. The molecule has 0 radical (unpaired) electrons. The molecule has 1 aromatic rings. The molecule has 0 spiro atoms. The summed E-state index contributed by atoms with van der Waals surface area (Å²) in [5.74, 6) is -8.92. The molecule has 0 N–H and O–H groups in total. The smallest absolute Gasteiger partial charge is 0.422 e. The molecule has 1 aromatic carbocycles. The minimum absolute atomic E-state index is 0.318. The summed E-state index contributed by atoms with van der Waals surface area (Å²) in [6, 6.07) is 0.668. The fourth-order valence-electron chi connectivity index (χ4n) is 1.51. The molecule has 2 rings (SSSR count). The van der Waals surface area contributed by atoms with Crippen molar-refractivity contribution >= 4 is 15.6 Å². The second kappa shape index (κ2) is 3.89. The van der Waals surface area contributed by atoms with Crippen molar-refractivity contribution < 1.29 is 39.9 Å². The zero-order chi connectivity index (χ0) is 14.6. The predicted octanol–water partition coefficient (Wildman–Crippen LogP) is 1.99. The van der Waals surface area contributed by atoms with Crippen LogP contribution in [-0.4, -0.2) is 26.1 Å². The zero-order valence-corrected chi connectivity index (χ0v) is 9.48. The second-order valence-electron chi connectivity index (χ2n) is 3.50. The summed E-state index contributed by atoms with van der Waals surface area (Å²) >= 11 is 0. The highest BCUT2D eigenvalue weighted by Gasteiger charge is 2.54. The van der Waals surface area contributed by atoms with Crippen LogP contribution in [0.25, 0.3) is 0 Å². The van der Waals surface area contributed by atoms with E-state index in [1.54, 1.807) is 0 Å². The van der Waals surface area contributed by atoms with Gasteiger partial charge in [-0.2, -0.15) is 17.6 Å². The van der Waals surface area contributed by atoms with Crippen molar-refractivity contribution in [2.24, 2.45) is 0 Å². The van der Waals surface area contributed by atoms with Gasteiger partial charge in [0.1, 0.15) is 0 Å². The first-order valence-corrected chi connectivity index (χ1v) is 6.10. The Morgan fingerprint density at radius 3 is 2.32 bits per heavy atom. The first-order chi connectivity index (χ1) is 8.59. The maximum atomic E-state index is 13.2. The molecule has 1 heterocycles. The number of Topliss-reactive ketones (excluding diaryl/α,β-unsaturated/α-hetero) is 1. The Morgan fingerprint density at radius 1 is 1.21 bits per heavy atom. The molecule has 0 saturated carbocycles. The molecule has 19 heavy (non-hydrogen) atoms. The first-order valence-electron chi connectivity index (χ1n) is 4.55. The van der Waals surface area contributed by atoms with E-state index in [-0.39, 0.29) is 0 Å². The number of halogens is 5. The van der Waals surface area contributed by atoms with Gasteiger partial charge in [0.25, 0.3) is 5.78 Å². The lowest BCUT2D eigenvalue weighted by Crippen LogP contribution is -2.29. The van der Waals surface area contributed by atoms with Crippen molar-refractivity contribution in [3.8, 4) is 5.75 Å². The van der Waals surface area contributed by atoms with Crippen molar-refractivity contribution in [2.45, 2.75) is 16.8 Å². The minimum atomic E-state index is -5.34. The average molecular weight is 302 g/mol. The van der Waals surface area contributed by atoms with Gasteiger partial charge in [0.05, 0.1) is 10.5 Å². The molecule has 0 saturated heterocycles. The van der Waals surface area contributed by atoms with Gasteiger partial charge < -0.3 is 4.74 Å². The Kier molecular flexibility index (Phi) is 2.81. The van der Waals surface area contributed by atoms with Gasteiger partial charge in [0, 0.05) is 0 Å². The summed E-state index contributed by atoms with van der Waals surface area (Å²) < 4.78 is 90.0. The predicted molar refractivity (Wildman–Crippen MR) is 49.5 cm³/mol. The summed E-state index contributed by atoms with van der Waals surface area (Å²) in [6.07, 6.45) is -4.49. The number of alkyl halides is 4. The summed E-state index contributed by atoms with van der Waals surface area (Å²) in [7, 11) is -5.34. The van der Waals surface area contributed by atoms with Crippen LogP contribution in [0, 0.1) is 5.82 Å². The van der Waals surface area contributed by atoms with E-state index in [1.807, 2.05) is 0 Å². The second-order valence-corrected chi connectivity index (χ2v) is 5.39. The van der Waals surface area contributed by atoms with Gasteiger partial charge >= 0.3 is 11.9 Å². The molecule has 1 aliphatic heterocycles. The molecule has 10 heteroatoms. The molecular weight excluding hydrogens is 299 g/mol. The van der Waals surface area contributed by atoms with Gasteiger partial charge in [-0.25, -0.2) is 12.8 Å². The Bertz CT molecular complexity index is 667. The highest BCUT2D eigenvalue weighted by Crippen LogP contribution is 2.42. The Labute approximate surface area is 102 Å². The van der Waals surface area contributed by atoms with Crippen molar-refractivity contribution in [3.05, 3.63) is 23.5 Å². The van der Waals surface area contributed by atoms with Gasteiger partial charge in [-0.15, -0.1) is 0 Å². The fourth-order valence-corrected chi connectivity index (χ4v) is 2.43. The van der Waals surface area contributed by atoms with E-state index in [1.165, 1.54) is 0 Å². The van der Waals surface area contributed by atoms with Crippen LogP contribution in [0.3, 0.4) is 0 Å². The van der Waals surface area contributed by atoms with Gasteiger partial charge in [-0.1, -0.05) is 0 Å². The maximum absolute atomic E-state index is 13.2. The molecule has 0 aromatic heterocycles. The summed E-state index contributed by atoms with van der Waals surface area (Å²) in [4.78, 5) is 9.82. The van der Waals surface area contributed by atoms with E-state index in [2.05, 4.69) is 4.74 Å². The van der Waals surface area contributed by atoms with Gasteiger partial charge in [0.2, 0.25) is 9.84 Å². The molecule has 0 fully saturated rings. The number of carbonyl (C=O) groups excluding carboxylic acids is 1. The van der Waals surface area contributed by atoms with E-state index in [0.717, 1.165) is 0 Å². The third-order valence-corrected chi connectivity index (χ3v) is 3.76. The number of sulfone groups is 1. The third kappa shape index (κ3) is 1.86. The molecule has 0 aliphatic carbocycles. The third-order valence-electron chi connectivity index (χ3n) is 2.33. The van der Waals surface area contributed by atoms with Crippen molar-refractivity contribution in [1.29, 1.82) is 0 Å². The lowest BCUT2D eigenvalue weighted by Gasteiger charge is -2.06. The van der Waals surface area contributed by atoms with Crippen LogP contribution < -0.4 is 4.74 Å². The quantitative estimate of drug-likeness (QED) is 0.619. The summed E-state index contributed by atoms with van der Waals surface area (Å²) in [5, 5.41) is 0. The van der Waals surface area contributed by atoms with Crippen LogP contribution in [0.15, 0.2) is 17.0 Å². The number of fused-ring (bicyclic) bond motifs is 1. The number of ketones is 1. The number of ether oxygens (including phenoxy) is 1.